The van der Waals surface area contributed by atoms with Gasteiger partial charge in [0.1, 0.15) is 5.69 Å². The topological polar surface area (TPSA) is 98.6 Å². The fourth-order valence-corrected chi connectivity index (χ4v) is 3.08. The lowest BCUT2D eigenvalue weighted by molar-refractivity contribution is 0.0493. The van der Waals surface area contributed by atoms with Gasteiger partial charge in [-0.05, 0) is 28.3 Å². The highest BCUT2D eigenvalue weighted by Gasteiger charge is 2.14. The van der Waals surface area contributed by atoms with Crippen LogP contribution in [0.1, 0.15) is 29.4 Å². The van der Waals surface area contributed by atoms with Crippen LogP contribution in [-0.2, 0) is 11.3 Å². The number of carbonyl (C=O) groups excluding carboxylic acids is 1. The molecule has 0 aliphatic heterocycles. The van der Waals surface area contributed by atoms with Crippen LogP contribution in [0, 0.1) is 0 Å². The summed E-state index contributed by atoms with van der Waals surface area (Å²) in [5.74, 6) is 0.202. The highest BCUT2D eigenvalue weighted by molar-refractivity contribution is 5.87. The van der Waals surface area contributed by atoms with Gasteiger partial charge in [0.15, 0.2) is 0 Å². The van der Waals surface area contributed by atoms with Crippen molar-refractivity contribution >= 4 is 5.97 Å². The maximum atomic E-state index is 12.2. The number of aromatic nitrogens is 6. The van der Waals surface area contributed by atoms with E-state index in [0.717, 1.165) is 28.7 Å². The summed E-state index contributed by atoms with van der Waals surface area (Å²) < 4.78 is 7.01. The second kappa shape index (κ2) is 8.47. The zero-order valence-corrected chi connectivity index (χ0v) is 15.9. The molecular formula is C21H20N6O2. The summed E-state index contributed by atoms with van der Waals surface area (Å²) in [6.45, 7) is 2.89. The Morgan fingerprint density at radius 1 is 1.10 bits per heavy atom. The zero-order chi connectivity index (χ0) is 20.1. The Bertz CT molecular complexity index is 1090. The highest BCUT2D eigenvalue weighted by Crippen LogP contribution is 2.29. The first-order chi connectivity index (χ1) is 14.3. The minimum Gasteiger partial charge on any atom is -0.461 e. The van der Waals surface area contributed by atoms with Crippen molar-refractivity contribution in [2.24, 2.45) is 0 Å². The molecule has 2 aromatic carbocycles. The Kier molecular flexibility index (Phi) is 5.42. The van der Waals surface area contributed by atoms with Gasteiger partial charge in [0.2, 0.25) is 5.82 Å². The van der Waals surface area contributed by atoms with Gasteiger partial charge in [-0.3, -0.25) is 0 Å². The van der Waals surface area contributed by atoms with Gasteiger partial charge in [-0.2, -0.15) is 5.21 Å². The number of esters is 1. The van der Waals surface area contributed by atoms with Crippen LogP contribution in [0.25, 0.3) is 22.5 Å². The predicted octanol–water partition coefficient (Wildman–Crippen LogP) is 3.35. The van der Waals surface area contributed by atoms with E-state index in [1.807, 2.05) is 55.5 Å². The molecule has 4 aromatic rings. The Morgan fingerprint density at radius 3 is 2.62 bits per heavy atom. The van der Waals surface area contributed by atoms with Gasteiger partial charge < -0.3 is 9.30 Å². The standard InChI is InChI=1S/C21H20N6O2/c1-2-11-29-21(28)19-12-22-14-27(19)13-15-7-9-16(10-8-15)17-5-3-4-6-18(17)20-23-25-26-24-20/h3-10,12,14H,2,11,13H2,1H3,(H,23,24,25,26). The van der Waals surface area contributed by atoms with Crippen LogP contribution in [0.4, 0.5) is 0 Å². The number of hydrogen-bond donors (Lipinski definition) is 1. The fourth-order valence-electron chi connectivity index (χ4n) is 3.08. The quantitative estimate of drug-likeness (QED) is 0.488. The number of H-pyrrole nitrogens is 1. The van der Waals surface area contributed by atoms with Crippen molar-refractivity contribution in [2.75, 3.05) is 6.61 Å². The normalized spacial score (nSPS) is 10.8. The fraction of sp³-hybridized carbons (Fsp3) is 0.190. The van der Waals surface area contributed by atoms with E-state index < -0.39 is 0 Å². The minimum absolute atomic E-state index is 0.352. The van der Waals surface area contributed by atoms with E-state index in [1.54, 1.807) is 10.9 Å². The van der Waals surface area contributed by atoms with Crippen LogP contribution in [0.5, 0.6) is 0 Å². The number of ether oxygens (including phenoxy) is 1. The number of imidazole rings is 1. The van der Waals surface area contributed by atoms with Crippen molar-refractivity contribution < 1.29 is 9.53 Å². The number of rotatable bonds is 7. The molecule has 29 heavy (non-hydrogen) atoms. The van der Waals surface area contributed by atoms with E-state index >= 15 is 0 Å². The van der Waals surface area contributed by atoms with Crippen molar-refractivity contribution in [3.63, 3.8) is 0 Å². The van der Waals surface area contributed by atoms with Gasteiger partial charge in [0, 0.05) is 12.1 Å². The van der Waals surface area contributed by atoms with E-state index in [4.69, 9.17) is 4.74 Å². The molecule has 0 bridgehead atoms. The maximum absolute atomic E-state index is 12.2. The van der Waals surface area contributed by atoms with Gasteiger partial charge in [0.05, 0.1) is 19.1 Å². The van der Waals surface area contributed by atoms with E-state index in [1.165, 1.54) is 6.20 Å². The lowest BCUT2D eigenvalue weighted by Crippen LogP contribution is -2.12. The molecule has 8 nitrogen and oxygen atoms in total. The molecule has 0 spiro atoms. The predicted molar refractivity (Wildman–Crippen MR) is 107 cm³/mol. The third-order valence-corrected chi connectivity index (χ3v) is 4.49. The molecule has 0 radical (unpaired) electrons. The average molecular weight is 388 g/mol. The molecule has 2 heterocycles. The third kappa shape index (κ3) is 4.06. The smallest absolute Gasteiger partial charge is 0.356 e. The van der Waals surface area contributed by atoms with E-state index in [2.05, 4.69) is 25.6 Å². The summed E-state index contributed by atoms with van der Waals surface area (Å²) in [6.07, 6.45) is 3.96. The van der Waals surface area contributed by atoms with E-state index in [0.29, 0.717) is 24.7 Å². The van der Waals surface area contributed by atoms with Crippen molar-refractivity contribution in [1.29, 1.82) is 0 Å². The Labute approximate surface area is 167 Å². The van der Waals surface area contributed by atoms with Crippen molar-refractivity contribution in [2.45, 2.75) is 19.9 Å². The number of nitrogens with one attached hydrogen (secondary N) is 1. The van der Waals surface area contributed by atoms with Crippen molar-refractivity contribution in [3.8, 4) is 22.5 Å². The molecule has 0 aliphatic carbocycles. The van der Waals surface area contributed by atoms with Crippen molar-refractivity contribution in [3.05, 3.63) is 72.3 Å². The molecule has 8 heteroatoms. The van der Waals surface area contributed by atoms with E-state index in [-0.39, 0.29) is 5.97 Å². The molecule has 2 aromatic heterocycles. The minimum atomic E-state index is -0.352. The first-order valence-corrected chi connectivity index (χ1v) is 9.35. The summed E-state index contributed by atoms with van der Waals surface area (Å²) in [5.41, 5.74) is 4.47. The molecule has 0 amide bonds. The molecular weight excluding hydrogens is 368 g/mol. The number of hydrogen-bond acceptors (Lipinski definition) is 6. The first kappa shape index (κ1) is 18.5. The molecule has 1 N–H and O–H groups in total. The average Bonchev–Trinajstić information content (AvgIpc) is 3.45. The number of carbonyl (C=O) groups is 1. The first-order valence-electron chi connectivity index (χ1n) is 9.35. The lowest BCUT2D eigenvalue weighted by Gasteiger charge is -2.10. The zero-order valence-electron chi connectivity index (χ0n) is 15.9. The molecule has 0 atom stereocenters. The molecule has 0 saturated carbocycles. The largest absolute Gasteiger partial charge is 0.461 e. The molecule has 4 rings (SSSR count). The van der Waals surface area contributed by atoms with Crippen LogP contribution in [0.3, 0.4) is 0 Å². The van der Waals surface area contributed by atoms with Crippen LogP contribution in [0.15, 0.2) is 61.1 Å². The van der Waals surface area contributed by atoms with Crippen LogP contribution in [0.2, 0.25) is 0 Å². The summed E-state index contributed by atoms with van der Waals surface area (Å²) in [5, 5.41) is 14.3. The van der Waals surface area contributed by atoms with Crippen LogP contribution < -0.4 is 0 Å². The van der Waals surface area contributed by atoms with Gasteiger partial charge in [-0.15, -0.1) is 10.2 Å². The molecule has 0 aliphatic rings. The molecule has 0 saturated heterocycles. The van der Waals surface area contributed by atoms with Gasteiger partial charge in [-0.1, -0.05) is 55.5 Å². The Balaban J connectivity index is 1.55. The van der Waals surface area contributed by atoms with Gasteiger partial charge in [-0.25, -0.2) is 9.78 Å². The van der Waals surface area contributed by atoms with Crippen LogP contribution in [-0.4, -0.2) is 42.8 Å². The monoisotopic (exact) mass is 388 g/mol. The lowest BCUT2D eigenvalue weighted by atomic mass is 9.98. The molecule has 0 fully saturated rings. The third-order valence-electron chi connectivity index (χ3n) is 4.49. The highest BCUT2D eigenvalue weighted by atomic mass is 16.5. The molecule has 0 unspecified atom stereocenters. The van der Waals surface area contributed by atoms with Crippen LogP contribution >= 0.6 is 0 Å². The summed E-state index contributed by atoms with van der Waals surface area (Å²) in [7, 11) is 0. The van der Waals surface area contributed by atoms with Gasteiger partial charge >= 0.3 is 5.97 Å². The SMILES string of the molecule is CCCOC(=O)c1cncn1Cc1ccc(-c2ccccc2-c2nn[nH]n2)cc1. The number of aromatic amines is 1. The second-order valence-corrected chi connectivity index (χ2v) is 6.52. The van der Waals surface area contributed by atoms with E-state index in [9.17, 15) is 4.79 Å². The summed E-state index contributed by atoms with van der Waals surface area (Å²) in [4.78, 5) is 16.3. The summed E-state index contributed by atoms with van der Waals surface area (Å²) >= 11 is 0. The summed E-state index contributed by atoms with van der Waals surface area (Å²) in [6, 6.07) is 16.1. The number of nitrogens with zero attached hydrogens (tertiary/aromatic N) is 5. The maximum Gasteiger partial charge on any atom is 0.356 e. The number of tetrazole rings is 1. The van der Waals surface area contributed by atoms with Gasteiger partial charge in [0.25, 0.3) is 0 Å². The number of benzene rings is 2. The second-order valence-electron chi connectivity index (χ2n) is 6.52. The molecule has 146 valence electrons. The Hall–Kier alpha value is -3.81. The van der Waals surface area contributed by atoms with Crippen molar-refractivity contribution in [1.82, 2.24) is 30.2 Å². The Morgan fingerprint density at radius 2 is 1.90 bits per heavy atom.